The van der Waals surface area contributed by atoms with Crippen LogP contribution in [-0.2, 0) is 20.9 Å². The molecule has 7 nitrogen and oxygen atoms in total. The molecule has 0 bridgehead atoms. The van der Waals surface area contributed by atoms with Gasteiger partial charge in [0.1, 0.15) is 11.5 Å². The summed E-state index contributed by atoms with van der Waals surface area (Å²) in [6, 6.07) is 16.6. The highest BCUT2D eigenvalue weighted by Crippen LogP contribution is 2.42. The van der Waals surface area contributed by atoms with Gasteiger partial charge in [0, 0.05) is 13.6 Å². The maximum absolute atomic E-state index is 12.6. The summed E-state index contributed by atoms with van der Waals surface area (Å²) in [4.78, 5) is 36.5. The third-order valence-electron chi connectivity index (χ3n) is 4.97. The predicted octanol–water partition coefficient (Wildman–Crippen LogP) is 2.86. The smallest absolute Gasteiger partial charge is 0.308 e. The summed E-state index contributed by atoms with van der Waals surface area (Å²) in [5, 5.41) is 18.3. The molecule has 0 radical (unpaired) electrons. The summed E-state index contributed by atoms with van der Waals surface area (Å²) in [6.07, 6.45) is 0.0482. The molecule has 2 N–H and O–H groups in total. The zero-order valence-electron chi connectivity index (χ0n) is 15.3. The van der Waals surface area contributed by atoms with Crippen LogP contribution in [0.5, 0.6) is 11.5 Å². The first-order valence-corrected chi connectivity index (χ1v) is 8.89. The summed E-state index contributed by atoms with van der Waals surface area (Å²) < 4.78 is 5.78. The molecular formula is C21H21NO6. The maximum Gasteiger partial charge on any atom is 0.308 e. The van der Waals surface area contributed by atoms with Gasteiger partial charge in [-0.25, -0.2) is 0 Å². The molecule has 2 aromatic carbocycles. The summed E-state index contributed by atoms with van der Waals surface area (Å²) in [5.41, 5.74) is 0.824. The minimum absolute atomic E-state index is 0.0482. The third kappa shape index (κ3) is 4.14. The first kappa shape index (κ1) is 19.4. The Kier molecular flexibility index (Phi) is 5.63. The summed E-state index contributed by atoms with van der Waals surface area (Å²) >= 11 is 0. The first-order chi connectivity index (χ1) is 13.4. The SMILES string of the molecule is CN(Cc1cccc(Oc2ccccc2)c1)C(=O)C1CC(C(=O)O)C1C(=O)O. The first-order valence-electron chi connectivity index (χ1n) is 8.89. The van der Waals surface area contributed by atoms with Crippen molar-refractivity contribution < 1.29 is 29.3 Å². The lowest BCUT2D eigenvalue weighted by Crippen LogP contribution is -2.52. The fourth-order valence-electron chi connectivity index (χ4n) is 3.47. The van der Waals surface area contributed by atoms with Gasteiger partial charge in [0.15, 0.2) is 0 Å². The van der Waals surface area contributed by atoms with Crippen molar-refractivity contribution in [3.63, 3.8) is 0 Å². The monoisotopic (exact) mass is 383 g/mol. The van der Waals surface area contributed by atoms with Gasteiger partial charge in [0.2, 0.25) is 5.91 Å². The van der Waals surface area contributed by atoms with Gasteiger partial charge < -0.3 is 19.8 Å². The second-order valence-corrected chi connectivity index (χ2v) is 6.91. The predicted molar refractivity (Wildman–Crippen MR) is 99.8 cm³/mol. The summed E-state index contributed by atoms with van der Waals surface area (Å²) in [6.45, 7) is 0.269. The van der Waals surface area contributed by atoms with E-state index in [9.17, 15) is 19.5 Å². The lowest BCUT2D eigenvalue weighted by molar-refractivity contribution is -0.171. The molecule has 146 valence electrons. The van der Waals surface area contributed by atoms with Gasteiger partial charge in [0.05, 0.1) is 17.8 Å². The summed E-state index contributed by atoms with van der Waals surface area (Å²) in [7, 11) is 1.58. The van der Waals surface area contributed by atoms with Crippen LogP contribution in [0, 0.1) is 17.8 Å². The Bertz CT molecular complexity index is 881. The number of nitrogens with zero attached hydrogens (tertiary/aromatic N) is 1. The zero-order chi connectivity index (χ0) is 20.3. The number of carboxylic acid groups (broad SMARTS) is 2. The average Bonchev–Trinajstić information content (AvgIpc) is 2.61. The highest BCUT2D eigenvalue weighted by Gasteiger charge is 2.53. The zero-order valence-corrected chi connectivity index (χ0v) is 15.3. The number of carbonyl (C=O) groups excluding carboxylic acids is 1. The van der Waals surface area contributed by atoms with Crippen LogP contribution >= 0.6 is 0 Å². The number of rotatable bonds is 7. The van der Waals surface area contributed by atoms with Crippen LogP contribution in [0.1, 0.15) is 12.0 Å². The molecule has 0 spiro atoms. The fraction of sp³-hybridized carbons (Fsp3) is 0.286. The van der Waals surface area contributed by atoms with Crippen LogP contribution in [-0.4, -0.2) is 40.0 Å². The number of carbonyl (C=O) groups is 3. The second kappa shape index (κ2) is 8.12. The van der Waals surface area contributed by atoms with E-state index in [1.807, 2.05) is 54.6 Å². The van der Waals surface area contributed by atoms with Crippen molar-refractivity contribution in [1.82, 2.24) is 4.90 Å². The van der Waals surface area contributed by atoms with E-state index in [2.05, 4.69) is 0 Å². The Morgan fingerprint density at radius 3 is 2.29 bits per heavy atom. The molecular weight excluding hydrogens is 362 g/mol. The lowest BCUT2D eigenvalue weighted by atomic mass is 9.64. The number of hydrogen-bond acceptors (Lipinski definition) is 4. The molecule has 28 heavy (non-hydrogen) atoms. The van der Waals surface area contributed by atoms with Gasteiger partial charge in [-0.1, -0.05) is 30.3 Å². The van der Waals surface area contributed by atoms with Crippen molar-refractivity contribution in [3.8, 4) is 11.5 Å². The Balaban J connectivity index is 1.65. The Labute approximate surface area is 162 Å². The van der Waals surface area contributed by atoms with Crippen molar-refractivity contribution in [2.75, 3.05) is 7.05 Å². The number of ether oxygens (including phenoxy) is 1. The van der Waals surface area contributed by atoms with Crippen LogP contribution in [0.4, 0.5) is 0 Å². The summed E-state index contributed by atoms with van der Waals surface area (Å²) in [5.74, 6) is -4.46. The molecule has 0 aromatic heterocycles. The number of para-hydroxylation sites is 1. The molecule has 1 aliphatic carbocycles. The van der Waals surface area contributed by atoms with Gasteiger partial charge in [-0.2, -0.15) is 0 Å². The number of amides is 1. The van der Waals surface area contributed by atoms with Gasteiger partial charge in [-0.15, -0.1) is 0 Å². The fourth-order valence-corrected chi connectivity index (χ4v) is 3.47. The standard InChI is InChI=1S/C21H21NO6/c1-22(19(23)16-11-17(20(24)25)18(16)21(26)27)12-13-6-5-9-15(10-13)28-14-7-3-2-4-8-14/h2-10,16-18H,11-12H2,1H3,(H,24,25)(H,26,27). The molecule has 3 unspecified atom stereocenters. The van der Waals surface area contributed by atoms with Crippen LogP contribution in [0.2, 0.25) is 0 Å². The Hall–Kier alpha value is -3.35. The van der Waals surface area contributed by atoms with Crippen molar-refractivity contribution in [2.24, 2.45) is 17.8 Å². The molecule has 0 heterocycles. The van der Waals surface area contributed by atoms with Gasteiger partial charge in [-0.3, -0.25) is 14.4 Å². The molecule has 1 aliphatic rings. The van der Waals surface area contributed by atoms with Crippen LogP contribution < -0.4 is 4.74 Å². The largest absolute Gasteiger partial charge is 0.481 e. The normalized spacial score (nSPS) is 20.7. The minimum Gasteiger partial charge on any atom is -0.481 e. The van der Waals surface area contributed by atoms with Gasteiger partial charge in [-0.05, 0) is 36.2 Å². The number of carboxylic acids is 2. The van der Waals surface area contributed by atoms with Gasteiger partial charge in [0.25, 0.3) is 0 Å². The van der Waals surface area contributed by atoms with Crippen LogP contribution in [0.15, 0.2) is 54.6 Å². The van der Waals surface area contributed by atoms with E-state index < -0.39 is 29.7 Å². The highest BCUT2D eigenvalue weighted by atomic mass is 16.5. The van der Waals surface area contributed by atoms with E-state index in [-0.39, 0.29) is 18.9 Å². The van der Waals surface area contributed by atoms with E-state index >= 15 is 0 Å². The van der Waals surface area contributed by atoms with Crippen molar-refractivity contribution in [2.45, 2.75) is 13.0 Å². The quantitative estimate of drug-likeness (QED) is 0.762. The molecule has 1 amide bonds. The molecule has 0 aliphatic heterocycles. The highest BCUT2D eigenvalue weighted by molar-refractivity contribution is 5.91. The Morgan fingerprint density at radius 1 is 0.964 bits per heavy atom. The lowest BCUT2D eigenvalue weighted by Gasteiger charge is -2.40. The van der Waals surface area contributed by atoms with Crippen molar-refractivity contribution in [1.29, 1.82) is 0 Å². The molecule has 3 rings (SSSR count). The minimum atomic E-state index is -1.25. The van der Waals surface area contributed by atoms with E-state index in [1.54, 1.807) is 7.05 Å². The van der Waals surface area contributed by atoms with Crippen LogP contribution in [0.25, 0.3) is 0 Å². The van der Waals surface area contributed by atoms with Gasteiger partial charge >= 0.3 is 11.9 Å². The van der Waals surface area contributed by atoms with E-state index in [4.69, 9.17) is 9.84 Å². The molecule has 2 aromatic rings. The number of aliphatic carboxylic acids is 2. The molecule has 7 heteroatoms. The second-order valence-electron chi connectivity index (χ2n) is 6.91. The topological polar surface area (TPSA) is 104 Å². The Morgan fingerprint density at radius 2 is 1.64 bits per heavy atom. The molecule has 1 saturated carbocycles. The maximum atomic E-state index is 12.6. The van der Waals surface area contributed by atoms with Crippen molar-refractivity contribution in [3.05, 3.63) is 60.2 Å². The van der Waals surface area contributed by atoms with E-state index in [0.29, 0.717) is 11.5 Å². The molecule has 1 fully saturated rings. The average molecular weight is 383 g/mol. The molecule has 3 atom stereocenters. The van der Waals surface area contributed by atoms with E-state index in [1.165, 1.54) is 4.90 Å². The van der Waals surface area contributed by atoms with E-state index in [0.717, 1.165) is 5.56 Å². The van der Waals surface area contributed by atoms with Crippen molar-refractivity contribution >= 4 is 17.8 Å². The number of benzene rings is 2. The molecule has 0 saturated heterocycles. The third-order valence-corrected chi connectivity index (χ3v) is 4.97. The van der Waals surface area contributed by atoms with Crippen LogP contribution in [0.3, 0.4) is 0 Å². The number of hydrogen-bond donors (Lipinski definition) is 2.